The Balaban J connectivity index is 1.44. The van der Waals surface area contributed by atoms with Crippen LogP contribution in [0.4, 0.5) is 17.3 Å². The number of nitrogens with one attached hydrogen (secondary N) is 2. The minimum Gasteiger partial charge on any atom is -0.491 e. The van der Waals surface area contributed by atoms with E-state index in [-0.39, 0.29) is 36.3 Å². The molecule has 0 fully saturated rings. The number of aromatic nitrogens is 2. The number of amides is 2. The Morgan fingerprint density at radius 1 is 1.03 bits per heavy atom. The average molecular weight is 453 g/mol. The SMILES string of the molecule is O=C(CN1C(=O)CCOc2ccccc21)Nc1ccc(S(=O)(=O)Nc2ncccn2)cc1. The molecule has 4 rings (SSSR count). The molecule has 164 valence electrons. The second kappa shape index (κ2) is 9.02. The summed E-state index contributed by atoms with van der Waals surface area (Å²) in [6.45, 7) is 0.0398. The molecule has 0 spiro atoms. The summed E-state index contributed by atoms with van der Waals surface area (Å²) in [7, 11) is -3.88. The van der Waals surface area contributed by atoms with Gasteiger partial charge in [-0.2, -0.15) is 0 Å². The highest BCUT2D eigenvalue weighted by atomic mass is 32.2. The highest BCUT2D eigenvalue weighted by molar-refractivity contribution is 7.92. The second-order valence-electron chi connectivity index (χ2n) is 6.80. The summed E-state index contributed by atoms with van der Waals surface area (Å²) in [5.41, 5.74) is 0.914. The largest absolute Gasteiger partial charge is 0.491 e. The van der Waals surface area contributed by atoms with Crippen molar-refractivity contribution in [3.8, 4) is 5.75 Å². The molecule has 0 atom stereocenters. The molecule has 3 aromatic rings. The molecule has 2 heterocycles. The molecule has 2 N–H and O–H groups in total. The van der Waals surface area contributed by atoms with Gasteiger partial charge in [-0.15, -0.1) is 0 Å². The molecule has 0 saturated heterocycles. The van der Waals surface area contributed by atoms with Gasteiger partial charge in [0.05, 0.1) is 23.6 Å². The van der Waals surface area contributed by atoms with Crippen LogP contribution >= 0.6 is 0 Å². The molecule has 1 aromatic heterocycles. The standard InChI is InChI=1S/C21H19N5O5S/c27-19(14-26-17-4-1-2-5-18(17)31-13-10-20(26)28)24-15-6-8-16(9-7-15)32(29,30)25-21-22-11-3-12-23-21/h1-9,11-12H,10,13-14H2,(H,24,27)(H,22,23,25). The van der Waals surface area contributed by atoms with Gasteiger partial charge in [0.1, 0.15) is 12.3 Å². The van der Waals surface area contributed by atoms with Crippen LogP contribution in [0.5, 0.6) is 5.75 Å². The lowest BCUT2D eigenvalue weighted by atomic mass is 10.2. The normalized spacial score (nSPS) is 13.5. The Labute approximate surface area is 184 Å². The molecule has 0 aliphatic carbocycles. The molecule has 2 aromatic carbocycles. The lowest BCUT2D eigenvalue weighted by Gasteiger charge is -2.21. The predicted octanol–water partition coefficient (Wildman–Crippen LogP) is 2.03. The van der Waals surface area contributed by atoms with Gasteiger partial charge in [-0.1, -0.05) is 12.1 Å². The summed E-state index contributed by atoms with van der Waals surface area (Å²) in [5.74, 6) is -0.158. The highest BCUT2D eigenvalue weighted by Gasteiger charge is 2.25. The van der Waals surface area contributed by atoms with Crippen LogP contribution in [0.1, 0.15) is 6.42 Å². The maximum atomic E-state index is 12.6. The summed E-state index contributed by atoms with van der Waals surface area (Å²) in [6, 6.07) is 14.2. The zero-order valence-corrected chi connectivity index (χ0v) is 17.6. The number of anilines is 3. The van der Waals surface area contributed by atoms with Gasteiger partial charge in [-0.05, 0) is 42.5 Å². The summed E-state index contributed by atoms with van der Waals surface area (Å²) in [5, 5.41) is 2.68. The van der Waals surface area contributed by atoms with Crippen LogP contribution in [0.25, 0.3) is 0 Å². The molecule has 0 unspecified atom stereocenters. The van der Waals surface area contributed by atoms with Crippen molar-refractivity contribution >= 4 is 39.2 Å². The van der Waals surface area contributed by atoms with E-state index in [2.05, 4.69) is 20.0 Å². The zero-order chi connectivity index (χ0) is 22.6. The van der Waals surface area contributed by atoms with Crippen molar-refractivity contribution in [3.63, 3.8) is 0 Å². The van der Waals surface area contributed by atoms with Crippen LogP contribution in [-0.2, 0) is 19.6 Å². The summed E-state index contributed by atoms with van der Waals surface area (Å²) in [4.78, 5) is 34.1. The number of carbonyl (C=O) groups excluding carboxylic acids is 2. The van der Waals surface area contributed by atoms with E-state index in [9.17, 15) is 18.0 Å². The molecule has 0 radical (unpaired) electrons. The quantitative estimate of drug-likeness (QED) is 0.584. The van der Waals surface area contributed by atoms with Crippen LogP contribution in [0.3, 0.4) is 0 Å². The van der Waals surface area contributed by atoms with Gasteiger partial charge in [0.15, 0.2) is 0 Å². The van der Waals surface area contributed by atoms with Crippen molar-refractivity contribution in [1.29, 1.82) is 0 Å². The van der Waals surface area contributed by atoms with Gasteiger partial charge in [0.2, 0.25) is 17.8 Å². The van der Waals surface area contributed by atoms with Gasteiger partial charge >= 0.3 is 0 Å². The summed E-state index contributed by atoms with van der Waals surface area (Å²) >= 11 is 0. The second-order valence-corrected chi connectivity index (χ2v) is 8.48. The molecule has 0 bridgehead atoms. The molecule has 0 saturated carbocycles. The Morgan fingerprint density at radius 2 is 1.75 bits per heavy atom. The average Bonchev–Trinajstić information content (AvgIpc) is 2.93. The van der Waals surface area contributed by atoms with Gasteiger partial charge in [0, 0.05) is 18.1 Å². The molecular formula is C21H19N5O5S. The van der Waals surface area contributed by atoms with Crippen LogP contribution < -0.4 is 19.7 Å². The number of hydrogen-bond donors (Lipinski definition) is 2. The number of fused-ring (bicyclic) bond motifs is 1. The Bertz CT molecular complexity index is 1230. The van der Waals surface area contributed by atoms with Crippen LogP contribution in [0.15, 0.2) is 71.9 Å². The molecule has 10 nitrogen and oxygen atoms in total. The first-order chi connectivity index (χ1) is 15.4. The van der Waals surface area contributed by atoms with E-state index >= 15 is 0 Å². The maximum Gasteiger partial charge on any atom is 0.264 e. The number of nitrogens with zero attached hydrogens (tertiary/aromatic N) is 3. The van der Waals surface area contributed by atoms with E-state index < -0.39 is 15.9 Å². The number of sulfonamides is 1. The highest BCUT2D eigenvalue weighted by Crippen LogP contribution is 2.30. The van der Waals surface area contributed by atoms with Crippen molar-refractivity contribution in [1.82, 2.24) is 9.97 Å². The smallest absolute Gasteiger partial charge is 0.264 e. The lowest BCUT2D eigenvalue weighted by molar-refractivity contribution is -0.121. The molecule has 1 aliphatic heterocycles. The lowest BCUT2D eigenvalue weighted by Crippen LogP contribution is -2.37. The number of rotatable bonds is 6. The Morgan fingerprint density at radius 3 is 2.50 bits per heavy atom. The van der Waals surface area contributed by atoms with Gasteiger partial charge in [-0.3, -0.25) is 14.5 Å². The van der Waals surface area contributed by atoms with Crippen LogP contribution in [0, 0.1) is 0 Å². The van der Waals surface area contributed by atoms with Crippen molar-refractivity contribution in [3.05, 3.63) is 67.0 Å². The van der Waals surface area contributed by atoms with Gasteiger partial charge in [0.25, 0.3) is 10.0 Å². The summed E-state index contributed by atoms with van der Waals surface area (Å²) < 4.78 is 32.7. The molecule has 11 heteroatoms. The van der Waals surface area contributed by atoms with E-state index in [0.717, 1.165) is 0 Å². The van der Waals surface area contributed by atoms with Crippen LogP contribution in [-0.4, -0.2) is 43.4 Å². The first-order valence-corrected chi connectivity index (χ1v) is 11.1. The number of ether oxygens (including phenoxy) is 1. The Hall–Kier alpha value is -3.99. The maximum absolute atomic E-state index is 12.6. The predicted molar refractivity (Wildman–Crippen MR) is 117 cm³/mol. The molecule has 1 aliphatic rings. The fourth-order valence-corrected chi connectivity index (χ4v) is 4.04. The van der Waals surface area contributed by atoms with E-state index in [1.165, 1.54) is 41.6 Å². The number of benzene rings is 2. The fourth-order valence-electron chi connectivity index (χ4n) is 3.09. The number of carbonyl (C=O) groups is 2. The van der Waals surface area contributed by atoms with Crippen molar-refractivity contribution in [2.75, 3.05) is 28.1 Å². The molecule has 2 amide bonds. The minimum absolute atomic E-state index is 0.0169. The van der Waals surface area contributed by atoms with Crippen molar-refractivity contribution < 1.29 is 22.7 Å². The van der Waals surface area contributed by atoms with Gasteiger partial charge in [-0.25, -0.2) is 23.1 Å². The van der Waals surface area contributed by atoms with Crippen LogP contribution in [0.2, 0.25) is 0 Å². The topological polar surface area (TPSA) is 131 Å². The number of hydrogen-bond acceptors (Lipinski definition) is 7. The summed E-state index contributed by atoms with van der Waals surface area (Å²) in [6.07, 6.45) is 3.00. The van der Waals surface area contributed by atoms with Crippen molar-refractivity contribution in [2.24, 2.45) is 0 Å². The van der Waals surface area contributed by atoms with E-state index in [1.54, 1.807) is 30.3 Å². The fraction of sp³-hybridized carbons (Fsp3) is 0.143. The monoisotopic (exact) mass is 453 g/mol. The third kappa shape index (κ3) is 4.83. The third-order valence-corrected chi connectivity index (χ3v) is 5.92. The third-order valence-electron chi connectivity index (χ3n) is 4.57. The van der Waals surface area contributed by atoms with Crippen molar-refractivity contribution in [2.45, 2.75) is 11.3 Å². The first-order valence-electron chi connectivity index (χ1n) is 9.64. The zero-order valence-electron chi connectivity index (χ0n) is 16.8. The molecular weight excluding hydrogens is 434 g/mol. The van der Waals surface area contributed by atoms with E-state index in [1.807, 2.05) is 0 Å². The minimum atomic E-state index is -3.88. The van der Waals surface area contributed by atoms with E-state index in [4.69, 9.17) is 4.74 Å². The van der Waals surface area contributed by atoms with E-state index in [0.29, 0.717) is 17.1 Å². The first kappa shape index (κ1) is 21.2. The number of para-hydroxylation sites is 2. The Kier molecular flexibility index (Phi) is 5.99. The van der Waals surface area contributed by atoms with Gasteiger partial charge < -0.3 is 10.1 Å². The molecule has 32 heavy (non-hydrogen) atoms.